The zero-order valence-electron chi connectivity index (χ0n) is 8.75. The van der Waals surface area contributed by atoms with Crippen LogP contribution in [0.1, 0.15) is 23.8 Å². The molecule has 1 unspecified atom stereocenters. The largest absolute Gasteiger partial charge is 0.396 e. The maximum atomic E-state index is 8.72. The van der Waals surface area contributed by atoms with Gasteiger partial charge in [0.1, 0.15) is 10.7 Å². The van der Waals surface area contributed by atoms with Crippen LogP contribution in [0.15, 0.2) is 9.90 Å². The van der Waals surface area contributed by atoms with Gasteiger partial charge in [-0.25, -0.2) is 4.98 Å². The van der Waals surface area contributed by atoms with Crippen molar-refractivity contribution in [1.82, 2.24) is 15.1 Å². The van der Waals surface area contributed by atoms with Crippen molar-refractivity contribution in [2.24, 2.45) is 5.73 Å². The van der Waals surface area contributed by atoms with E-state index in [1.54, 1.807) is 0 Å². The second-order valence-electron chi connectivity index (χ2n) is 3.35. The first-order valence-electron chi connectivity index (χ1n) is 4.85. The van der Waals surface area contributed by atoms with E-state index in [-0.39, 0.29) is 12.6 Å². The van der Waals surface area contributed by atoms with Gasteiger partial charge in [-0.1, -0.05) is 5.16 Å². The molecule has 0 spiro atoms. The summed E-state index contributed by atoms with van der Waals surface area (Å²) in [4.78, 5) is 8.40. The van der Waals surface area contributed by atoms with E-state index < -0.39 is 0 Å². The predicted molar refractivity (Wildman–Crippen MR) is 58.8 cm³/mol. The van der Waals surface area contributed by atoms with Crippen LogP contribution in [-0.2, 0) is 6.42 Å². The van der Waals surface area contributed by atoms with Gasteiger partial charge < -0.3 is 15.4 Å². The van der Waals surface area contributed by atoms with Crippen LogP contribution in [-0.4, -0.2) is 26.8 Å². The highest BCUT2D eigenvalue weighted by atomic mass is 32.1. The predicted octanol–water partition coefficient (Wildman–Crippen LogP) is 0.748. The zero-order valence-corrected chi connectivity index (χ0v) is 9.57. The van der Waals surface area contributed by atoms with Crippen molar-refractivity contribution in [2.45, 2.75) is 19.4 Å². The van der Waals surface area contributed by atoms with Gasteiger partial charge in [-0.3, -0.25) is 0 Å². The second-order valence-corrected chi connectivity index (χ2v) is 4.24. The third-order valence-electron chi connectivity index (χ3n) is 1.93. The lowest BCUT2D eigenvalue weighted by molar-refractivity contribution is 0.293. The van der Waals surface area contributed by atoms with E-state index >= 15 is 0 Å². The molecule has 0 bridgehead atoms. The molecule has 0 saturated heterocycles. The minimum absolute atomic E-state index is 0.00111. The van der Waals surface area contributed by atoms with Crippen LogP contribution >= 0.6 is 11.3 Å². The molecule has 2 rings (SSSR count). The van der Waals surface area contributed by atoms with Crippen LogP contribution in [0.25, 0.3) is 11.6 Å². The van der Waals surface area contributed by atoms with Crippen molar-refractivity contribution < 1.29 is 9.63 Å². The third kappa shape index (κ3) is 2.26. The van der Waals surface area contributed by atoms with Crippen molar-refractivity contribution in [3.05, 3.63) is 16.2 Å². The number of nitrogens with zero attached hydrogens (tertiary/aromatic N) is 3. The molecule has 0 aliphatic heterocycles. The number of nitrogens with two attached hydrogens (primary N) is 1. The Morgan fingerprint density at radius 2 is 2.38 bits per heavy atom. The fraction of sp³-hybridized carbons (Fsp3) is 0.444. The number of hydrogen-bond donors (Lipinski definition) is 2. The lowest BCUT2D eigenvalue weighted by Crippen LogP contribution is -2.03. The average molecular weight is 240 g/mol. The van der Waals surface area contributed by atoms with Crippen molar-refractivity contribution in [1.29, 1.82) is 0 Å². The van der Waals surface area contributed by atoms with Gasteiger partial charge in [0.05, 0.1) is 12.6 Å². The minimum atomic E-state index is -0.0985. The molecule has 0 amide bonds. The standard InChI is InChI=1S/C9H12N4O2S/c1-5(10)9-11-6(4-16-9)8-12-7(2-3-14)13-15-8/h4-5,14H,2-3,10H2,1H3. The molecule has 0 aromatic carbocycles. The molecule has 6 nitrogen and oxygen atoms in total. The molecule has 7 heteroatoms. The first kappa shape index (κ1) is 11.2. The molecule has 2 aromatic rings. The Balaban J connectivity index is 2.21. The summed E-state index contributed by atoms with van der Waals surface area (Å²) in [5.41, 5.74) is 6.34. The van der Waals surface area contributed by atoms with E-state index in [1.165, 1.54) is 11.3 Å². The van der Waals surface area contributed by atoms with E-state index in [9.17, 15) is 0 Å². The maximum Gasteiger partial charge on any atom is 0.277 e. The summed E-state index contributed by atoms with van der Waals surface area (Å²) >= 11 is 1.46. The summed E-state index contributed by atoms with van der Waals surface area (Å²) < 4.78 is 5.03. The number of aliphatic hydroxyl groups excluding tert-OH is 1. The topological polar surface area (TPSA) is 98.1 Å². The molecule has 16 heavy (non-hydrogen) atoms. The first-order valence-corrected chi connectivity index (χ1v) is 5.73. The molecule has 0 fully saturated rings. The number of hydrogen-bond acceptors (Lipinski definition) is 7. The summed E-state index contributed by atoms with van der Waals surface area (Å²) in [6, 6.07) is -0.0985. The van der Waals surface area contributed by atoms with Crippen molar-refractivity contribution >= 4 is 11.3 Å². The van der Waals surface area contributed by atoms with Crippen LogP contribution in [0.4, 0.5) is 0 Å². The summed E-state index contributed by atoms with van der Waals surface area (Å²) in [5, 5.41) is 15.1. The first-order chi connectivity index (χ1) is 7.70. The van der Waals surface area contributed by atoms with Gasteiger partial charge in [-0.2, -0.15) is 4.98 Å². The Morgan fingerprint density at radius 3 is 3.00 bits per heavy atom. The van der Waals surface area contributed by atoms with Crippen LogP contribution in [0.5, 0.6) is 0 Å². The van der Waals surface area contributed by atoms with E-state index in [1.807, 2.05) is 12.3 Å². The fourth-order valence-corrected chi connectivity index (χ4v) is 1.91. The Labute approximate surface area is 96.1 Å². The molecular weight excluding hydrogens is 228 g/mol. The highest BCUT2D eigenvalue weighted by Gasteiger charge is 2.13. The Hall–Kier alpha value is -1.31. The van der Waals surface area contributed by atoms with Crippen LogP contribution in [0.2, 0.25) is 0 Å². The highest BCUT2D eigenvalue weighted by Crippen LogP contribution is 2.23. The van der Waals surface area contributed by atoms with Gasteiger partial charge in [-0.15, -0.1) is 11.3 Å². The Bertz CT molecular complexity index is 466. The molecule has 0 aliphatic rings. The smallest absolute Gasteiger partial charge is 0.277 e. The van der Waals surface area contributed by atoms with Crippen molar-refractivity contribution in [2.75, 3.05) is 6.61 Å². The van der Waals surface area contributed by atoms with Crippen LogP contribution in [0.3, 0.4) is 0 Å². The summed E-state index contributed by atoms with van der Waals surface area (Å²) in [6.45, 7) is 1.87. The van der Waals surface area contributed by atoms with E-state index in [2.05, 4.69) is 15.1 Å². The van der Waals surface area contributed by atoms with Gasteiger partial charge >= 0.3 is 0 Å². The van der Waals surface area contributed by atoms with Crippen molar-refractivity contribution in [3.8, 4) is 11.6 Å². The van der Waals surface area contributed by atoms with Gasteiger partial charge in [0.2, 0.25) is 0 Å². The SMILES string of the molecule is CC(N)c1nc(-c2nc(CCO)no2)cs1. The summed E-state index contributed by atoms with van der Waals surface area (Å²) in [7, 11) is 0. The molecule has 86 valence electrons. The molecule has 2 heterocycles. The lowest BCUT2D eigenvalue weighted by Gasteiger charge is -1.95. The van der Waals surface area contributed by atoms with Crippen molar-refractivity contribution in [3.63, 3.8) is 0 Å². The molecule has 3 N–H and O–H groups in total. The Kier molecular flexibility index (Phi) is 3.28. The molecule has 0 aliphatic carbocycles. The van der Waals surface area contributed by atoms with Gasteiger partial charge in [0, 0.05) is 11.8 Å². The average Bonchev–Trinajstić information content (AvgIpc) is 2.84. The summed E-state index contributed by atoms with van der Waals surface area (Å²) in [6.07, 6.45) is 0.383. The number of thiazole rings is 1. The highest BCUT2D eigenvalue weighted by molar-refractivity contribution is 7.10. The maximum absolute atomic E-state index is 8.72. The number of aliphatic hydroxyl groups is 1. The number of aromatic nitrogens is 3. The van der Waals surface area contributed by atoms with E-state index in [0.717, 1.165) is 5.01 Å². The lowest BCUT2D eigenvalue weighted by atomic mass is 10.4. The van der Waals surface area contributed by atoms with Gasteiger partial charge in [0.25, 0.3) is 5.89 Å². The molecule has 1 atom stereocenters. The van der Waals surface area contributed by atoms with E-state index in [0.29, 0.717) is 23.8 Å². The minimum Gasteiger partial charge on any atom is -0.396 e. The van der Waals surface area contributed by atoms with Crippen LogP contribution < -0.4 is 5.73 Å². The zero-order chi connectivity index (χ0) is 11.5. The molecule has 2 aromatic heterocycles. The monoisotopic (exact) mass is 240 g/mol. The normalized spacial score (nSPS) is 12.9. The van der Waals surface area contributed by atoms with Gasteiger partial charge in [0.15, 0.2) is 5.82 Å². The third-order valence-corrected chi connectivity index (χ3v) is 2.98. The number of rotatable bonds is 4. The molecule has 0 saturated carbocycles. The van der Waals surface area contributed by atoms with Crippen LogP contribution in [0, 0.1) is 0 Å². The fourth-order valence-electron chi connectivity index (χ4n) is 1.15. The Morgan fingerprint density at radius 1 is 1.56 bits per heavy atom. The second kappa shape index (κ2) is 4.69. The molecular formula is C9H12N4O2S. The van der Waals surface area contributed by atoms with Gasteiger partial charge in [-0.05, 0) is 6.92 Å². The quantitative estimate of drug-likeness (QED) is 0.818. The van der Waals surface area contributed by atoms with E-state index in [4.69, 9.17) is 15.4 Å². The molecule has 0 radical (unpaired) electrons. The summed E-state index contributed by atoms with van der Waals surface area (Å²) in [5.74, 6) is 0.847.